The zero-order chi connectivity index (χ0) is 25.8. The number of barbiturate groups is 1. The van der Waals surface area contributed by atoms with Crippen molar-refractivity contribution in [3.05, 3.63) is 53.8 Å². The summed E-state index contributed by atoms with van der Waals surface area (Å²) < 4.78 is 14.7. The Morgan fingerprint density at radius 1 is 1.03 bits per heavy atom. The van der Waals surface area contributed by atoms with E-state index in [0.717, 1.165) is 21.1 Å². The summed E-state index contributed by atoms with van der Waals surface area (Å²) in [7, 11) is 2.76. The summed E-state index contributed by atoms with van der Waals surface area (Å²) in [4.78, 5) is 58.1. The van der Waals surface area contributed by atoms with Crippen LogP contribution in [0.3, 0.4) is 0 Å². The summed E-state index contributed by atoms with van der Waals surface area (Å²) in [5, 5.41) is 2.83. The zero-order valence-corrected chi connectivity index (χ0v) is 20.5. The van der Waals surface area contributed by atoms with Crippen LogP contribution >= 0.6 is 0 Å². The number of nitrogens with zero attached hydrogens (tertiary/aromatic N) is 4. The van der Waals surface area contributed by atoms with Gasteiger partial charge in [0.2, 0.25) is 17.7 Å². The van der Waals surface area contributed by atoms with Crippen LogP contribution in [0.4, 0.5) is 26.2 Å². The van der Waals surface area contributed by atoms with Crippen LogP contribution < -0.4 is 15.1 Å². The molecule has 10 heteroatoms. The molecule has 1 atom stereocenters. The fourth-order valence-corrected chi connectivity index (χ4v) is 5.70. The molecule has 0 bridgehead atoms. The van der Waals surface area contributed by atoms with Crippen molar-refractivity contribution in [1.82, 2.24) is 9.80 Å². The number of nitrogens with one attached hydrogen (secondary N) is 1. The maximum absolute atomic E-state index is 14.7. The summed E-state index contributed by atoms with van der Waals surface area (Å²) in [6.45, 7) is 2.90. The molecule has 0 aromatic heterocycles. The van der Waals surface area contributed by atoms with E-state index in [9.17, 15) is 23.6 Å². The van der Waals surface area contributed by atoms with Crippen LogP contribution in [0.25, 0.3) is 0 Å². The van der Waals surface area contributed by atoms with E-state index in [2.05, 4.69) is 5.32 Å². The van der Waals surface area contributed by atoms with Gasteiger partial charge in [-0.1, -0.05) is 19.1 Å². The van der Waals surface area contributed by atoms with Gasteiger partial charge in [0.15, 0.2) is 5.41 Å². The third-order valence-electron chi connectivity index (χ3n) is 7.55. The minimum Gasteiger partial charge on any atom is -0.365 e. The van der Waals surface area contributed by atoms with Gasteiger partial charge in [-0.25, -0.2) is 9.18 Å². The molecule has 1 N–H and O–H groups in total. The number of para-hydroxylation sites is 1. The second kappa shape index (κ2) is 8.61. The zero-order valence-electron chi connectivity index (χ0n) is 20.5. The van der Waals surface area contributed by atoms with Gasteiger partial charge < -0.3 is 15.1 Å². The number of rotatable bonds is 3. The van der Waals surface area contributed by atoms with Crippen molar-refractivity contribution in [2.45, 2.75) is 25.8 Å². The Morgan fingerprint density at radius 3 is 2.39 bits per heavy atom. The van der Waals surface area contributed by atoms with Crippen LogP contribution in [0.15, 0.2) is 42.5 Å². The third kappa shape index (κ3) is 3.42. The number of carbonyl (C=O) groups excluding carboxylic acids is 4. The molecule has 36 heavy (non-hydrogen) atoms. The second-order valence-corrected chi connectivity index (χ2v) is 9.51. The van der Waals surface area contributed by atoms with Gasteiger partial charge in [0.1, 0.15) is 5.82 Å². The Labute approximate surface area is 208 Å². The maximum atomic E-state index is 14.7. The summed E-state index contributed by atoms with van der Waals surface area (Å²) in [5.74, 6) is -1.67. The molecule has 5 amide bonds. The number of halogens is 1. The molecule has 3 aliphatic rings. The largest absolute Gasteiger partial charge is 0.365 e. The number of anilines is 3. The number of hydrogen-bond acceptors (Lipinski definition) is 6. The molecule has 0 saturated carbocycles. The lowest BCUT2D eigenvalue weighted by atomic mass is 9.67. The number of carbonyl (C=O) groups is 4. The monoisotopic (exact) mass is 493 g/mol. The molecule has 3 aliphatic heterocycles. The quantitative estimate of drug-likeness (QED) is 0.661. The number of fused-ring (bicyclic) bond motifs is 4. The van der Waals surface area contributed by atoms with Gasteiger partial charge in [-0.15, -0.1) is 0 Å². The van der Waals surface area contributed by atoms with Crippen LogP contribution in [-0.2, 0) is 20.8 Å². The van der Waals surface area contributed by atoms with Gasteiger partial charge >= 0.3 is 6.03 Å². The van der Waals surface area contributed by atoms with E-state index in [4.69, 9.17) is 0 Å². The Morgan fingerprint density at radius 2 is 1.72 bits per heavy atom. The van der Waals surface area contributed by atoms with E-state index in [1.54, 1.807) is 37.3 Å². The van der Waals surface area contributed by atoms with Gasteiger partial charge in [-0.05, 0) is 42.3 Å². The van der Waals surface area contributed by atoms with E-state index in [1.165, 1.54) is 20.2 Å². The molecular weight excluding hydrogens is 465 g/mol. The van der Waals surface area contributed by atoms with E-state index in [0.29, 0.717) is 30.9 Å². The number of hydrogen-bond donors (Lipinski definition) is 1. The van der Waals surface area contributed by atoms with Crippen LogP contribution in [0.5, 0.6) is 0 Å². The highest BCUT2D eigenvalue weighted by Crippen LogP contribution is 2.47. The summed E-state index contributed by atoms with van der Waals surface area (Å²) in [6, 6.07) is 10.6. The molecule has 0 aliphatic carbocycles. The summed E-state index contributed by atoms with van der Waals surface area (Å²) in [6.07, 6.45) is 0.375. The van der Waals surface area contributed by atoms with Crippen LogP contribution in [0.2, 0.25) is 0 Å². The van der Waals surface area contributed by atoms with Crippen molar-refractivity contribution in [3.8, 4) is 0 Å². The highest BCUT2D eigenvalue weighted by molar-refractivity contribution is 6.20. The van der Waals surface area contributed by atoms with Crippen LogP contribution in [-0.4, -0.2) is 73.3 Å². The Balaban J connectivity index is 1.63. The third-order valence-corrected chi connectivity index (χ3v) is 7.55. The summed E-state index contributed by atoms with van der Waals surface area (Å²) in [5.41, 5.74) is 0.993. The maximum Gasteiger partial charge on any atom is 0.332 e. The predicted molar refractivity (Wildman–Crippen MR) is 132 cm³/mol. The van der Waals surface area contributed by atoms with E-state index in [-0.39, 0.29) is 24.7 Å². The van der Waals surface area contributed by atoms with E-state index < -0.39 is 29.3 Å². The predicted octanol–water partition coefficient (Wildman–Crippen LogP) is 2.46. The van der Waals surface area contributed by atoms with Crippen molar-refractivity contribution in [1.29, 1.82) is 0 Å². The topological polar surface area (TPSA) is 93.3 Å². The lowest BCUT2D eigenvalue weighted by Gasteiger charge is -2.56. The molecule has 0 unspecified atom stereocenters. The van der Waals surface area contributed by atoms with Crippen molar-refractivity contribution in [2.24, 2.45) is 5.41 Å². The molecule has 2 aromatic rings. The number of urea groups is 1. The van der Waals surface area contributed by atoms with Gasteiger partial charge in [-0.2, -0.15) is 0 Å². The highest BCUT2D eigenvalue weighted by atomic mass is 19.1. The first-order valence-corrected chi connectivity index (χ1v) is 12.0. The minimum atomic E-state index is -1.58. The van der Waals surface area contributed by atoms with E-state index in [1.807, 2.05) is 15.9 Å². The first-order valence-electron chi connectivity index (χ1n) is 12.0. The SMILES string of the molecule is CCC(=O)Nc1ccc2c(c1)CC1(C(=O)N(C)C(=O)N(C)C1=O)[C@@H]1CN(c3ccccc3F)CCN21. The molecule has 188 valence electrons. The lowest BCUT2D eigenvalue weighted by molar-refractivity contribution is -0.159. The molecule has 9 nitrogen and oxygen atoms in total. The van der Waals surface area contributed by atoms with Gasteiger partial charge in [0.05, 0.1) is 11.7 Å². The van der Waals surface area contributed by atoms with Crippen molar-refractivity contribution in [2.75, 3.05) is 48.8 Å². The normalized spacial score (nSPS) is 21.0. The molecule has 2 fully saturated rings. The molecule has 5 rings (SSSR count). The highest BCUT2D eigenvalue weighted by Gasteiger charge is 2.64. The van der Waals surface area contributed by atoms with Crippen molar-refractivity contribution in [3.63, 3.8) is 0 Å². The fraction of sp³-hybridized carbons (Fsp3) is 0.385. The number of imide groups is 2. The van der Waals surface area contributed by atoms with Gasteiger partial charge in [-0.3, -0.25) is 24.2 Å². The summed E-state index contributed by atoms with van der Waals surface area (Å²) >= 11 is 0. The van der Waals surface area contributed by atoms with Crippen molar-refractivity contribution < 1.29 is 23.6 Å². The van der Waals surface area contributed by atoms with E-state index >= 15 is 0 Å². The smallest absolute Gasteiger partial charge is 0.332 e. The van der Waals surface area contributed by atoms with Crippen LogP contribution in [0.1, 0.15) is 18.9 Å². The Kier molecular flexibility index (Phi) is 5.69. The Bertz CT molecular complexity index is 1260. The number of benzene rings is 2. The fourth-order valence-electron chi connectivity index (χ4n) is 5.70. The molecule has 3 heterocycles. The second-order valence-electron chi connectivity index (χ2n) is 9.51. The molecular formula is C26H28FN5O4. The van der Waals surface area contributed by atoms with Crippen LogP contribution in [0, 0.1) is 11.2 Å². The van der Waals surface area contributed by atoms with Gasteiger partial charge in [0.25, 0.3) is 0 Å². The first-order chi connectivity index (χ1) is 17.2. The molecule has 2 saturated heterocycles. The molecule has 0 radical (unpaired) electrons. The Hall–Kier alpha value is -3.95. The average molecular weight is 494 g/mol. The lowest BCUT2D eigenvalue weighted by Crippen LogP contribution is -2.74. The number of amides is 5. The minimum absolute atomic E-state index is 0.0596. The number of piperazine rings is 1. The first kappa shape index (κ1) is 23.8. The van der Waals surface area contributed by atoms with Gasteiger partial charge in [0, 0.05) is 51.5 Å². The van der Waals surface area contributed by atoms with Crippen molar-refractivity contribution >= 4 is 40.8 Å². The molecule has 2 aromatic carbocycles. The molecule has 1 spiro atoms. The standard InChI is InChI=1S/C26H28FN5O4/c1-4-22(33)28-17-9-10-19-16(13-17)14-26(23(34)29(2)25(36)30(3)24(26)35)21-15-31(11-12-32(19)21)20-8-6-5-7-18(20)27/h5-10,13,21H,4,11-12,14-15H2,1-3H3,(H,28,33)/t21-/m0/s1. The average Bonchev–Trinajstić information content (AvgIpc) is 2.89.